The van der Waals surface area contributed by atoms with Gasteiger partial charge in [-0.15, -0.1) is 0 Å². The number of rotatable bonds is 4. The lowest BCUT2D eigenvalue weighted by molar-refractivity contribution is 0.0985. The maximum Gasteiger partial charge on any atom is 0.163 e. The number of aromatic nitrogens is 3. The van der Waals surface area contributed by atoms with E-state index in [9.17, 15) is 0 Å². The van der Waals surface area contributed by atoms with Gasteiger partial charge in [0.25, 0.3) is 0 Å². The molecule has 1 atom stereocenters. The molecule has 0 spiro atoms. The second-order valence-electron chi connectivity index (χ2n) is 6.81. The fourth-order valence-electron chi connectivity index (χ4n) is 2.74. The first-order valence-electron chi connectivity index (χ1n) is 8.47. The molecule has 3 heterocycles. The van der Waals surface area contributed by atoms with Crippen LogP contribution in [-0.2, 0) is 21.2 Å². The van der Waals surface area contributed by atoms with Crippen LogP contribution in [0.25, 0.3) is 11.4 Å². The van der Waals surface area contributed by atoms with Crippen molar-refractivity contribution in [1.29, 1.82) is 0 Å². The Labute approximate surface area is 153 Å². The summed E-state index contributed by atoms with van der Waals surface area (Å²) >= 11 is 1.26. The third-order valence-corrected chi connectivity index (χ3v) is 5.95. The van der Waals surface area contributed by atoms with E-state index in [1.165, 1.54) is 11.8 Å². The van der Waals surface area contributed by atoms with Crippen molar-refractivity contribution in [1.82, 2.24) is 15.0 Å². The normalized spacial score (nSPS) is 18.4. The van der Waals surface area contributed by atoms with Crippen LogP contribution in [0.15, 0.2) is 24.4 Å². The molecule has 2 N–H and O–H groups in total. The number of nitrogens with two attached hydrogens (primary N) is 1. The Morgan fingerprint density at radius 3 is 2.76 bits per heavy atom. The summed E-state index contributed by atoms with van der Waals surface area (Å²) in [7, 11) is 0. The van der Waals surface area contributed by atoms with Gasteiger partial charge in [-0.25, -0.2) is 15.0 Å². The van der Waals surface area contributed by atoms with E-state index in [4.69, 9.17) is 20.4 Å². The molecule has 134 valence electrons. The van der Waals surface area contributed by atoms with Crippen molar-refractivity contribution in [2.24, 2.45) is 0 Å². The second-order valence-corrected chi connectivity index (χ2v) is 8.37. The highest BCUT2D eigenvalue weighted by Crippen LogP contribution is 2.29. The fourth-order valence-corrected chi connectivity index (χ4v) is 3.09. The van der Waals surface area contributed by atoms with E-state index in [0.29, 0.717) is 18.2 Å². The van der Waals surface area contributed by atoms with Crippen LogP contribution in [0, 0.1) is 0 Å². The highest BCUT2D eigenvalue weighted by atomic mass is 32.2. The lowest BCUT2D eigenvalue weighted by Gasteiger charge is -2.34. The van der Waals surface area contributed by atoms with Crippen molar-refractivity contribution >= 4 is 23.4 Å². The summed E-state index contributed by atoms with van der Waals surface area (Å²) in [6, 6.07) is 6.11. The van der Waals surface area contributed by atoms with Crippen LogP contribution in [0.2, 0.25) is 0 Å². The predicted octanol–water partition coefficient (Wildman–Crippen LogP) is 2.03. The maximum absolute atomic E-state index is 5.72. The summed E-state index contributed by atoms with van der Waals surface area (Å²) in [5.41, 5.74) is 7.63. The van der Waals surface area contributed by atoms with Gasteiger partial charge in [0.1, 0.15) is 17.3 Å². The lowest BCUT2D eigenvalue weighted by atomic mass is 10.1. The van der Waals surface area contributed by atoms with Gasteiger partial charge in [-0.2, -0.15) is 0 Å². The number of nitrogen functional groups attached to an aromatic ring is 1. The minimum absolute atomic E-state index is 0.0524. The molecule has 7 heteroatoms. The molecule has 0 aromatic carbocycles. The van der Waals surface area contributed by atoms with Crippen LogP contribution >= 0.6 is 0 Å². The number of hydrogen-bond acceptors (Lipinski definition) is 6. The molecule has 0 amide bonds. The Bertz CT molecular complexity index is 735. The topological polar surface area (TPSA) is 77.2 Å². The number of pyridine rings is 1. The van der Waals surface area contributed by atoms with Gasteiger partial charge in [0.05, 0.1) is 25.5 Å². The van der Waals surface area contributed by atoms with E-state index < -0.39 is 0 Å². The number of hydrogen-bond donors (Lipinski definition) is 1. The average molecular weight is 361 g/mol. The molecule has 25 heavy (non-hydrogen) atoms. The molecule has 2 aromatic heterocycles. The molecule has 1 aliphatic heterocycles. The van der Waals surface area contributed by atoms with Crippen LogP contribution in [0.1, 0.15) is 26.5 Å². The van der Waals surface area contributed by atoms with Gasteiger partial charge in [0.15, 0.2) is 10.6 Å². The Kier molecular flexibility index (Phi) is 5.15. The molecule has 1 aliphatic rings. The zero-order valence-corrected chi connectivity index (χ0v) is 16.1. The molecule has 2 aromatic rings. The van der Waals surface area contributed by atoms with E-state index in [2.05, 4.69) is 43.0 Å². The molecule has 0 bridgehead atoms. The van der Waals surface area contributed by atoms with Gasteiger partial charge >= 0.3 is 0 Å². The first kappa shape index (κ1) is 17.9. The highest BCUT2D eigenvalue weighted by Gasteiger charge is 2.31. The first-order chi connectivity index (χ1) is 11.9. The Hall–Kier alpha value is -1.86. The Morgan fingerprint density at radius 2 is 2.12 bits per heavy atom. The number of morpholine rings is 1. The molecule has 3 rings (SSSR count). The molecular weight excluding hydrogens is 334 g/mol. The minimum atomic E-state index is -0.0524. The SMILES string of the molecule is C[SH+]C(C)(C)c1cc(N2CCOC[C@@H]2C)nc(-c2ccc(N)nc2)n1. The summed E-state index contributed by atoms with van der Waals surface area (Å²) in [5.74, 6) is 2.13. The Balaban J connectivity index is 2.09. The van der Waals surface area contributed by atoms with E-state index in [0.717, 1.165) is 30.2 Å². The average Bonchev–Trinajstić information content (AvgIpc) is 2.62. The van der Waals surface area contributed by atoms with Crippen molar-refractivity contribution in [2.75, 3.05) is 36.6 Å². The van der Waals surface area contributed by atoms with Crippen LogP contribution in [-0.4, -0.2) is 47.0 Å². The monoisotopic (exact) mass is 360 g/mol. The van der Waals surface area contributed by atoms with E-state index >= 15 is 0 Å². The standard InChI is InChI=1S/C18H25N5OS/c1-12-11-24-8-7-23(12)16-9-14(18(2,3)25-4)21-17(22-16)13-5-6-15(19)20-10-13/h5-6,9-10,12H,7-8,11H2,1-4H3,(H2,19,20)/p+1/t12-/m0/s1. The molecule has 6 nitrogen and oxygen atoms in total. The van der Waals surface area contributed by atoms with Crippen LogP contribution < -0.4 is 10.6 Å². The van der Waals surface area contributed by atoms with Gasteiger partial charge in [-0.05, 0) is 44.7 Å². The van der Waals surface area contributed by atoms with Crippen LogP contribution in [0.3, 0.4) is 0 Å². The van der Waals surface area contributed by atoms with Crippen LogP contribution in [0.4, 0.5) is 11.6 Å². The van der Waals surface area contributed by atoms with Crippen molar-refractivity contribution in [3.63, 3.8) is 0 Å². The summed E-state index contributed by atoms with van der Waals surface area (Å²) in [5, 5.41) is 0. The molecule has 0 unspecified atom stereocenters. The van der Waals surface area contributed by atoms with Crippen molar-refractivity contribution in [3.05, 3.63) is 30.1 Å². The summed E-state index contributed by atoms with van der Waals surface area (Å²) in [6.07, 6.45) is 3.89. The fraction of sp³-hybridized carbons (Fsp3) is 0.500. The molecular formula is C18H26N5OS+. The minimum Gasteiger partial charge on any atom is -0.384 e. The van der Waals surface area contributed by atoms with Gasteiger partial charge < -0.3 is 15.4 Å². The third kappa shape index (κ3) is 3.88. The maximum atomic E-state index is 5.72. The van der Waals surface area contributed by atoms with Crippen LogP contribution in [0.5, 0.6) is 0 Å². The zero-order valence-electron chi connectivity index (χ0n) is 15.2. The number of ether oxygens (including phenoxy) is 1. The predicted molar refractivity (Wildman–Crippen MR) is 105 cm³/mol. The summed E-state index contributed by atoms with van der Waals surface area (Å²) < 4.78 is 5.52. The van der Waals surface area contributed by atoms with Gasteiger partial charge in [-0.1, -0.05) is 0 Å². The Morgan fingerprint density at radius 1 is 1.32 bits per heavy atom. The molecule has 1 saturated heterocycles. The second kappa shape index (κ2) is 7.17. The number of nitrogens with zero attached hydrogens (tertiary/aromatic N) is 4. The van der Waals surface area contributed by atoms with Crippen molar-refractivity contribution < 1.29 is 4.74 Å². The van der Waals surface area contributed by atoms with Gasteiger partial charge in [0.2, 0.25) is 0 Å². The number of anilines is 2. The third-order valence-electron chi connectivity index (χ3n) is 4.60. The summed E-state index contributed by atoms with van der Waals surface area (Å²) in [4.78, 5) is 16.2. The number of thiol groups is 1. The van der Waals surface area contributed by atoms with E-state index in [-0.39, 0.29) is 10.8 Å². The summed E-state index contributed by atoms with van der Waals surface area (Å²) in [6.45, 7) is 8.84. The lowest BCUT2D eigenvalue weighted by Crippen LogP contribution is -2.44. The molecule has 0 aliphatic carbocycles. The van der Waals surface area contributed by atoms with Crippen molar-refractivity contribution in [2.45, 2.75) is 31.6 Å². The van der Waals surface area contributed by atoms with E-state index in [1.54, 1.807) is 12.3 Å². The zero-order chi connectivity index (χ0) is 18.0. The van der Waals surface area contributed by atoms with Crippen molar-refractivity contribution in [3.8, 4) is 11.4 Å². The molecule has 0 saturated carbocycles. The highest BCUT2D eigenvalue weighted by molar-refractivity contribution is 7.78. The van der Waals surface area contributed by atoms with E-state index in [1.807, 2.05) is 6.07 Å². The molecule has 1 fully saturated rings. The first-order valence-corrected chi connectivity index (χ1v) is 9.82. The molecule has 0 radical (unpaired) electrons. The largest absolute Gasteiger partial charge is 0.384 e. The van der Waals surface area contributed by atoms with Gasteiger partial charge in [0, 0.05) is 24.4 Å². The quantitative estimate of drug-likeness (QED) is 0.664. The smallest absolute Gasteiger partial charge is 0.163 e. The van der Waals surface area contributed by atoms with Gasteiger partial charge in [-0.3, -0.25) is 0 Å².